The van der Waals surface area contributed by atoms with Crippen molar-refractivity contribution in [1.29, 1.82) is 10.5 Å². The summed E-state index contributed by atoms with van der Waals surface area (Å²) in [4.78, 5) is 12.8. The second-order valence-corrected chi connectivity index (χ2v) is 5.46. The van der Waals surface area contributed by atoms with Crippen LogP contribution >= 0.6 is 0 Å². The Balaban J connectivity index is 2.84. The summed E-state index contributed by atoms with van der Waals surface area (Å²) in [6.45, 7) is 3.87. The first-order chi connectivity index (χ1) is 11.5. The highest BCUT2D eigenvalue weighted by Crippen LogP contribution is 2.44. The summed E-state index contributed by atoms with van der Waals surface area (Å²) in [5.74, 6) is -0.692. The van der Waals surface area contributed by atoms with Crippen molar-refractivity contribution in [2.24, 2.45) is 0 Å². The van der Waals surface area contributed by atoms with Gasteiger partial charge in [-0.3, -0.25) is 10.1 Å². The molecule has 0 unspecified atom stereocenters. The Labute approximate surface area is 141 Å². The third-order valence-electron chi connectivity index (χ3n) is 4.36. The van der Waals surface area contributed by atoms with Crippen LogP contribution in [0.4, 0.5) is 5.69 Å². The molecule has 1 aliphatic rings. The van der Waals surface area contributed by atoms with E-state index in [0.29, 0.717) is 29.6 Å². The van der Waals surface area contributed by atoms with Gasteiger partial charge in [-0.25, -0.2) is 0 Å². The largest absolute Gasteiger partial charge is 0.350 e. The van der Waals surface area contributed by atoms with E-state index in [9.17, 15) is 20.6 Å². The number of hydrogen-bond donors (Lipinski definition) is 0. The van der Waals surface area contributed by atoms with Crippen molar-refractivity contribution in [2.75, 3.05) is 7.05 Å². The van der Waals surface area contributed by atoms with Crippen molar-refractivity contribution in [3.63, 3.8) is 0 Å². The molecule has 2 rings (SSSR count). The fraction of sp³-hybridized carbons (Fsp3) is 0.333. The molecule has 0 saturated carbocycles. The molecule has 0 atom stereocenters. The van der Waals surface area contributed by atoms with Crippen LogP contribution in [0.1, 0.15) is 38.2 Å². The average molecular weight is 322 g/mol. The number of hydrogen-bond acceptors (Lipinski definition) is 5. The fourth-order valence-corrected chi connectivity index (χ4v) is 3.32. The Kier molecular flexibility index (Phi) is 5.01. The van der Waals surface area contributed by atoms with Crippen LogP contribution in [0.2, 0.25) is 0 Å². The second-order valence-electron chi connectivity index (χ2n) is 5.46. The first-order valence-electron chi connectivity index (χ1n) is 7.75. The molecule has 1 aliphatic heterocycles. The summed E-state index contributed by atoms with van der Waals surface area (Å²) in [6, 6.07) is 10.7. The van der Waals surface area contributed by atoms with E-state index >= 15 is 0 Å². The van der Waals surface area contributed by atoms with Crippen molar-refractivity contribution in [2.45, 2.75) is 32.6 Å². The molecule has 0 fully saturated rings. The van der Waals surface area contributed by atoms with Gasteiger partial charge < -0.3 is 4.90 Å². The predicted molar refractivity (Wildman–Crippen MR) is 89.5 cm³/mol. The molecule has 24 heavy (non-hydrogen) atoms. The monoisotopic (exact) mass is 322 g/mol. The molecule has 0 saturated heterocycles. The lowest BCUT2D eigenvalue weighted by atomic mass is 9.79. The van der Waals surface area contributed by atoms with Gasteiger partial charge in [-0.2, -0.15) is 10.5 Å². The fourth-order valence-electron chi connectivity index (χ4n) is 3.32. The lowest BCUT2D eigenvalue weighted by Gasteiger charge is -2.35. The van der Waals surface area contributed by atoms with Gasteiger partial charge in [0.25, 0.3) is 5.69 Å². The van der Waals surface area contributed by atoms with Crippen LogP contribution in [-0.4, -0.2) is 16.9 Å². The molecule has 1 heterocycles. The van der Waals surface area contributed by atoms with Gasteiger partial charge in [-0.05, 0) is 12.8 Å². The first-order valence-corrected chi connectivity index (χ1v) is 7.75. The van der Waals surface area contributed by atoms with Crippen molar-refractivity contribution in [3.8, 4) is 12.1 Å². The van der Waals surface area contributed by atoms with Gasteiger partial charge in [0.05, 0.1) is 34.1 Å². The number of nitrogens with zero attached hydrogens (tertiary/aromatic N) is 4. The Morgan fingerprint density at radius 2 is 1.62 bits per heavy atom. The van der Waals surface area contributed by atoms with Crippen molar-refractivity contribution < 1.29 is 4.92 Å². The summed E-state index contributed by atoms with van der Waals surface area (Å²) in [5, 5.41) is 30.8. The van der Waals surface area contributed by atoms with Gasteiger partial charge in [0.15, 0.2) is 0 Å². The molecule has 0 radical (unpaired) electrons. The van der Waals surface area contributed by atoms with Gasteiger partial charge in [-0.15, -0.1) is 0 Å². The zero-order chi connectivity index (χ0) is 17.9. The molecule has 122 valence electrons. The molecule has 0 spiro atoms. The topological polar surface area (TPSA) is 94.0 Å². The van der Waals surface area contributed by atoms with E-state index < -0.39 is 10.8 Å². The number of para-hydroxylation sites is 1. The number of nitro groups is 1. The lowest BCUT2D eigenvalue weighted by Crippen LogP contribution is -2.28. The SMILES string of the molecule is CCC1=C(C#N)C(c2ccccc2[N+](=O)[O-])C(C#N)=C(CC)N1C. The minimum absolute atomic E-state index is 0.0709. The van der Waals surface area contributed by atoms with E-state index in [1.807, 2.05) is 25.8 Å². The zero-order valence-electron chi connectivity index (χ0n) is 13.9. The van der Waals surface area contributed by atoms with Crippen LogP contribution in [-0.2, 0) is 0 Å². The van der Waals surface area contributed by atoms with Crippen LogP contribution in [0, 0.1) is 32.8 Å². The Morgan fingerprint density at radius 3 is 2.04 bits per heavy atom. The number of rotatable bonds is 4. The molecule has 0 aliphatic carbocycles. The lowest BCUT2D eigenvalue weighted by molar-refractivity contribution is -0.385. The van der Waals surface area contributed by atoms with E-state index in [1.54, 1.807) is 18.2 Å². The molecule has 0 bridgehead atoms. The maximum Gasteiger partial charge on any atom is 0.273 e. The summed E-state index contributed by atoms with van der Waals surface area (Å²) >= 11 is 0. The van der Waals surface area contributed by atoms with Crippen LogP contribution in [0.15, 0.2) is 46.8 Å². The average Bonchev–Trinajstić information content (AvgIpc) is 2.60. The molecule has 0 amide bonds. The van der Waals surface area contributed by atoms with E-state index in [0.717, 1.165) is 11.4 Å². The maximum absolute atomic E-state index is 11.4. The first kappa shape index (κ1) is 17.2. The molecular formula is C18H18N4O2. The molecule has 6 heteroatoms. The third kappa shape index (κ3) is 2.63. The summed E-state index contributed by atoms with van der Waals surface area (Å²) < 4.78 is 0. The van der Waals surface area contributed by atoms with Crippen molar-refractivity contribution in [1.82, 2.24) is 4.90 Å². The van der Waals surface area contributed by atoms with Gasteiger partial charge in [0.1, 0.15) is 0 Å². The molecule has 6 nitrogen and oxygen atoms in total. The second kappa shape index (κ2) is 6.97. The maximum atomic E-state index is 11.4. The highest BCUT2D eigenvalue weighted by atomic mass is 16.6. The van der Waals surface area contributed by atoms with E-state index in [2.05, 4.69) is 12.1 Å². The molecular weight excluding hydrogens is 304 g/mol. The van der Waals surface area contributed by atoms with Crippen LogP contribution in [0.3, 0.4) is 0 Å². The van der Waals surface area contributed by atoms with Crippen LogP contribution < -0.4 is 0 Å². The van der Waals surface area contributed by atoms with Gasteiger partial charge in [0.2, 0.25) is 0 Å². The van der Waals surface area contributed by atoms with Gasteiger partial charge in [-0.1, -0.05) is 32.0 Å². The summed E-state index contributed by atoms with van der Waals surface area (Å²) in [5.41, 5.74) is 2.73. The van der Waals surface area contributed by atoms with E-state index in [4.69, 9.17) is 0 Å². The molecule has 0 aromatic heterocycles. The summed E-state index contributed by atoms with van der Waals surface area (Å²) in [7, 11) is 1.84. The Hall–Kier alpha value is -3.12. The van der Waals surface area contributed by atoms with Crippen molar-refractivity contribution >= 4 is 5.69 Å². The number of allylic oxidation sites excluding steroid dienone is 4. The predicted octanol–water partition coefficient (Wildman–Crippen LogP) is 4.00. The highest BCUT2D eigenvalue weighted by Gasteiger charge is 2.36. The smallest absolute Gasteiger partial charge is 0.273 e. The molecule has 1 aromatic rings. The Bertz CT molecular complexity index is 784. The zero-order valence-corrected chi connectivity index (χ0v) is 13.9. The molecule has 0 N–H and O–H groups in total. The van der Waals surface area contributed by atoms with Gasteiger partial charge >= 0.3 is 0 Å². The Morgan fingerprint density at radius 1 is 1.12 bits per heavy atom. The molecule has 1 aromatic carbocycles. The van der Waals surface area contributed by atoms with Crippen LogP contribution in [0.25, 0.3) is 0 Å². The van der Waals surface area contributed by atoms with E-state index in [1.165, 1.54) is 6.07 Å². The van der Waals surface area contributed by atoms with Gasteiger partial charge in [0, 0.05) is 30.1 Å². The third-order valence-corrected chi connectivity index (χ3v) is 4.36. The number of benzene rings is 1. The standard InChI is InChI=1S/C18H18N4O2/c1-4-15-13(10-19)18(14(11-20)16(5-2)21(15)3)12-8-6-7-9-17(12)22(23)24/h6-9,18H,4-5H2,1-3H3. The number of nitro benzene ring substituents is 1. The minimum Gasteiger partial charge on any atom is -0.350 e. The highest BCUT2D eigenvalue weighted by molar-refractivity contribution is 5.60. The quantitative estimate of drug-likeness (QED) is 0.617. The van der Waals surface area contributed by atoms with Crippen LogP contribution in [0.5, 0.6) is 0 Å². The number of nitriles is 2. The normalized spacial score (nSPS) is 15.3. The minimum atomic E-state index is -0.692. The van der Waals surface area contributed by atoms with Crippen molar-refractivity contribution in [3.05, 3.63) is 62.5 Å². The summed E-state index contributed by atoms with van der Waals surface area (Å²) in [6.07, 6.45) is 1.22. The van der Waals surface area contributed by atoms with E-state index in [-0.39, 0.29) is 5.69 Å².